The van der Waals surface area contributed by atoms with E-state index in [1.54, 1.807) is 0 Å². The lowest BCUT2D eigenvalue weighted by Gasteiger charge is -2.42. The monoisotopic (exact) mass is 447 g/mol. The first-order valence-corrected chi connectivity index (χ1v) is 11.3. The summed E-state index contributed by atoms with van der Waals surface area (Å²) in [7, 11) is -0.535. The fraction of sp³-hybridized carbons (Fsp3) is 0.333. The quantitative estimate of drug-likeness (QED) is 0.426. The number of para-hydroxylation sites is 1. The van der Waals surface area contributed by atoms with E-state index in [4.69, 9.17) is 9.31 Å². The van der Waals surface area contributed by atoms with E-state index in [0.717, 1.165) is 34.0 Å². The third-order valence-corrected chi connectivity index (χ3v) is 7.39. The van der Waals surface area contributed by atoms with Crippen LogP contribution in [0.25, 0.3) is 0 Å². The Hall–Kier alpha value is -2.70. The van der Waals surface area contributed by atoms with Crippen molar-refractivity contribution in [1.82, 2.24) is 0 Å². The van der Waals surface area contributed by atoms with Crippen LogP contribution in [0.5, 0.6) is 0 Å². The highest BCUT2D eigenvalue weighted by atomic mass is 19.1. The first kappa shape index (κ1) is 22.1. The van der Waals surface area contributed by atoms with E-state index in [1.807, 2.05) is 62.9 Å². The molecule has 0 unspecified atom stereocenters. The van der Waals surface area contributed by atoms with E-state index in [-0.39, 0.29) is 5.41 Å². The Morgan fingerprint density at radius 2 is 1.27 bits per heavy atom. The van der Waals surface area contributed by atoms with Crippen molar-refractivity contribution in [3.8, 4) is 0 Å². The molecular weight excluding hydrogens is 419 g/mol. The second-order valence-corrected chi connectivity index (χ2v) is 10.5. The minimum absolute atomic E-state index is 0.303. The largest absolute Gasteiger partial charge is 0.494 e. The number of rotatable bonds is 2. The summed E-state index contributed by atoms with van der Waals surface area (Å²) >= 11 is 0. The molecule has 3 aromatic carbocycles. The molecule has 33 heavy (non-hydrogen) atoms. The summed E-state index contributed by atoms with van der Waals surface area (Å²) in [6.45, 7) is 12.4. The van der Waals surface area contributed by atoms with Gasteiger partial charge in [-0.15, -0.1) is 0 Å². The summed E-state index contributed by atoms with van der Waals surface area (Å²) in [5.74, 6) is -1.23. The molecule has 3 nitrogen and oxygen atoms in total. The summed E-state index contributed by atoms with van der Waals surface area (Å²) in [4.78, 5) is 1.93. The van der Waals surface area contributed by atoms with Crippen LogP contribution in [0.1, 0.15) is 52.7 Å². The van der Waals surface area contributed by atoms with Crippen LogP contribution in [0, 0.1) is 11.6 Å². The van der Waals surface area contributed by atoms with E-state index in [9.17, 15) is 8.78 Å². The number of hydrogen-bond donors (Lipinski definition) is 0. The highest BCUT2D eigenvalue weighted by molar-refractivity contribution is 6.62. The van der Waals surface area contributed by atoms with Gasteiger partial charge in [0, 0.05) is 17.2 Å². The number of benzene rings is 3. The van der Waals surface area contributed by atoms with Gasteiger partial charge in [0.15, 0.2) is 0 Å². The molecule has 0 aromatic heterocycles. The van der Waals surface area contributed by atoms with Crippen LogP contribution in [0.4, 0.5) is 25.8 Å². The molecule has 0 saturated carbocycles. The lowest BCUT2D eigenvalue weighted by molar-refractivity contribution is 0.00578. The maximum absolute atomic E-state index is 14.3. The molecule has 0 amide bonds. The fourth-order valence-corrected chi connectivity index (χ4v) is 4.81. The van der Waals surface area contributed by atoms with Gasteiger partial charge < -0.3 is 14.2 Å². The smallest absolute Gasteiger partial charge is 0.399 e. The van der Waals surface area contributed by atoms with E-state index >= 15 is 0 Å². The van der Waals surface area contributed by atoms with Crippen molar-refractivity contribution in [2.75, 3.05) is 4.90 Å². The van der Waals surface area contributed by atoms with Gasteiger partial charge in [-0.2, -0.15) is 0 Å². The zero-order valence-corrected chi connectivity index (χ0v) is 19.9. The van der Waals surface area contributed by atoms with Crippen molar-refractivity contribution in [3.05, 3.63) is 83.4 Å². The number of hydrogen-bond acceptors (Lipinski definition) is 3. The second-order valence-electron chi connectivity index (χ2n) is 10.5. The number of nitrogens with zero attached hydrogens (tertiary/aromatic N) is 1. The van der Waals surface area contributed by atoms with Gasteiger partial charge in [-0.25, -0.2) is 8.78 Å². The molecule has 5 rings (SSSR count). The SMILES string of the molecule is CC1(C)c2ccccc2N(c2cc(F)cc(F)c2)c2cc(B3OC(C)(C)C(C)(C)O3)ccc21. The van der Waals surface area contributed by atoms with Gasteiger partial charge in [0.05, 0.1) is 22.6 Å². The number of anilines is 3. The highest BCUT2D eigenvalue weighted by Gasteiger charge is 2.52. The Labute approximate surface area is 194 Å². The Bertz CT molecular complexity index is 1220. The van der Waals surface area contributed by atoms with Gasteiger partial charge in [0.1, 0.15) is 11.6 Å². The number of halogens is 2. The summed E-state index contributed by atoms with van der Waals surface area (Å²) in [6.07, 6.45) is 0. The molecule has 0 atom stereocenters. The lowest BCUT2D eigenvalue weighted by Crippen LogP contribution is -2.41. The molecule has 6 heteroatoms. The van der Waals surface area contributed by atoms with E-state index in [1.165, 1.54) is 12.1 Å². The first-order valence-electron chi connectivity index (χ1n) is 11.3. The van der Waals surface area contributed by atoms with Crippen molar-refractivity contribution in [3.63, 3.8) is 0 Å². The molecule has 0 spiro atoms. The molecule has 0 N–H and O–H groups in total. The van der Waals surface area contributed by atoms with Crippen LogP contribution < -0.4 is 10.4 Å². The predicted molar refractivity (Wildman–Crippen MR) is 129 cm³/mol. The van der Waals surface area contributed by atoms with Crippen LogP contribution in [-0.2, 0) is 14.7 Å². The molecular formula is C27H28BF2NO2. The van der Waals surface area contributed by atoms with Crippen LogP contribution in [0.15, 0.2) is 60.7 Å². The third-order valence-electron chi connectivity index (χ3n) is 7.39. The number of fused-ring (bicyclic) bond motifs is 2. The predicted octanol–water partition coefficient (Wildman–Crippen LogP) is 6.37. The van der Waals surface area contributed by atoms with Gasteiger partial charge in [0.2, 0.25) is 0 Å². The maximum Gasteiger partial charge on any atom is 0.494 e. The van der Waals surface area contributed by atoms with Crippen molar-refractivity contribution < 1.29 is 18.1 Å². The molecule has 0 aliphatic carbocycles. The van der Waals surface area contributed by atoms with E-state index in [0.29, 0.717) is 5.69 Å². The lowest BCUT2D eigenvalue weighted by atomic mass is 9.70. The van der Waals surface area contributed by atoms with Gasteiger partial charge in [-0.3, -0.25) is 0 Å². The van der Waals surface area contributed by atoms with E-state index in [2.05, 4.69) is 26.0 Å². The van der Waals surface area contributed by atoms with Gasteiger partial charge in [0.25, 0.3) is 0 Å². The van der Waals surface area contributed by atoms with Crippen molar-refractivity contribution >= 4 is 29.6 Å². The fourth-order valence-electron chi connectivity index (χ4n) is 4.81. The zero-order valence-electron chi connectivity index (χ0n) is 19.9. The van der Waals surface area contributed by atoms with Crippen molar-refractivity contribution in [2.45, 2.75) is 58.2 Å². The van der Waals surface area contributed by atoms with E-state index < -0.39 is 30.0 Å². The molecule has 2 aliphatic rings. The van der Waals surface area contributed by atoms with Crippen LogP contribution in [0.3, 0.4) is 0 Å². The average molecular weight is 447 g/mol. The summed E-state index contributed by atoms with van der Waals surface area (Å²) in [6, 6.07) is 17.8. The molecule has 1 saturated heterocycles. The minimum atomic E-state index is -0.615. The third kappa shape index (κ3) is 3.39. The van der Waals surface area contributed by atoms with Gasteiger partial charge >= 0.3 is 7.12 Å². The van der Waals surface area contributed by atoms with Crippen LogP contribution >= 0.6 is 0 Å². The second kappa shape index (κ2) is 7.15. The topological polar surface area (TPSA) is 21.7 Å². The van der Waals surface area contributed by atoms with Crippen LogP contribution in [-0.4, -0.2) is 18.3 Å². The maximum atomic E-state index is 14.3. The summed E-state index contributed by atoms with van der Waals surface area (Å²) in [5.41, 5.74) is 3.96. The molecule has 1 fully saturated rings. The van der Waals surface area contributed by atoms with Crippen molar-refractivity contribution in [1.29, 1.82) is 0 Å². The average Bonchev–Trinajstić information content (AvgIpc) is 2.94. The zero-order chi connectivity index (χ0) is 23.8. The van der Waals surface area contributed by atoms with Crippen LogP contribution in [0.2, 0.25) is 0 Å². The molecule has 170 valence electrons. The molecule has 0 radical (unpaired) electrons. The summed E-state index contributed by atoms with van der Waals surface area (Å²) < 4.78 is 41.1. The summed E-state index contributed by atoms with van der Waals surface area (Å²) in [5, 5.41) is 0. The molecule has 0 bridgehead atoms. The minimum Gasteiger partial charge on any atom is -0.399 e. The first-order chi connectivity index (χ1) is 15.4. The molecule has 2 heterocycles. The Morgan fingerprint density at radius 1 is 0.697 bits per heavy atom. The normalized spacial score (nSPS) is 19.9. The molecule has 3 aromatic rings. The Balaban J connectivity index is 1.71. The van der Waals surface area contributed by atoms with Crippen molar-refractivity contribution in [2.24, 2.45) is 0 Å². The Kier molecular flexibility index (Phi) is 4.79. The van der Waals surface area contributed by atoms with Gasteiger partial charge in [-0.05, 0) is 68.6 Å². The van der Waals surface area contributed by atoms with Gasteiger partial charge in [-0.1, -0.05) is 44.2 Å². The standard InChI is InChI=1S/C27H28BF2NO2/c1-25(2)21-9-7-8-10-23(21)31(20-15-18(29)14-19(30)16-20)24-13-17(11-12-22(24)25)28-32-26(3,4)27(5,6)33-28/h7-16H,1-6H3. The Morgan fingerprint density at radius 3 is 1.91 bits per heavy atom. The highest BCUT2D eigenvalue weighted by Crippen LogP contribution is 2.51. The molecule has 2 aliphatic heterocycles.